The Morgan fingerprint density at radius 3 is 2.50 bits per heavy atom. The lowest BCUT2D eigenvalue weighted by Gasteiger charge is -2.38. The predicted octanol–water partition coefficient (Wildman–Crippen LogP) is 1.98. The van der Waals surface area contributed by atoms with E-state index in [9.17, 15) is 4.79 Å². The molecule has 3 atom stereocenters. The lowest BCUT2D eigenvalue weighted by atomic mass is 9.70. The summed E-state index contributed by atoms with van der Waals surface area (Å²) in [4.78, 5) is 11.1. The third-order valence-corrected chi connectivity index (χ3v) is 3.36. The molecule has 3 unspecified atom stereocenters. The van der Waals surface area contributed by atoms with Crippen molar-refractivity contribution in [3.05, 3.63) is 0 Å². The third-order valence-electron chi connectivity index (χ3n) is 2.83. The molecule has 0 aromatic heterocycles. The van der Waals surface area contributed by atoms with Gasteiger partial charge in [0.1, 0.15) is 5.78 Å². The maximum atomic E-state index is 11.1. The van der Waals surface area contributed by atoms with Gasteiger partial charge in [0, 0.05) is 17.7 Å². The zero-order chi connectivity index (χ0) is 7.14. The molecule has 0 amide bonds. The highest BCUT2D eigenvalue weighted by molar-refractivity contribution is 6.21. The van der Waals surface area contributed by atoms with Crippen LogP contribution < -0.4 is 0 Å². The van der Waals surface area contributed by atoms with Crippen molar-refractivity contribution in [1.82, 2.24) is 0 Å². The van der Waals surface area contributed by atoms with E-state index in [-0.39, 0.29) is 0 Å². The van der Waals surface area contributed by atoms with Crippen LogP contribution in [0.3, 0.4) is 0 Å². The molecule has 1 nitrogen and oxygen atoms in total. The maximum Gasteiger partial charge on any atom is 0.136 e. The van der Waals surface area contributed by atoms with Crippen molar-refractivity contribution in [3.63, 3.8) is 0 Å². The van der Waals surface area contributed by atoms with Crippen LogP contribution in [0.1, 0.15) is 25.7 Å². The Bertz CT molecular complexity index is 167. The monoisotopic (exact) mass is 158 g/mol. The molecule has 0 aromatic carbocycles. The third kappa shape index (κ3) is 0.878. The van der Waals surface area contributed by atoms with Gasteiger partial charge in [-0.1, -0.05) is 0 Å². The fourth-order valence-corrected chi connectivity index (χ4v) is 2.56. The van der Waals surface area contributed by atoms with Crippen LogP contribution >= 0.6 is 11.6 Å². The van der Waals surface area contributed by atoms with Crippen LogP contribution in [-0.4, -0.2) is 11.2 Å². The van der Waals surface area contributed by atoms with E-state index >= 15 is 0 Å². The minimum Gasteiger partial charge on any atom is -0.299 e. The van der Waals surface area contributed by atoms with E-state index in [2.05, 4.69) is 0 Å². The van der Waals surface area contributed by atoms with E-state index in [1.807, 2.05) is 0 Å². The molecule has 0 N–H and O–H groups in total. The predicted molar refractivity (Wildman–Crippen MR) is 40.1 cm³/mol. The summed E-state index contributed by atoms with van der Waals surface area (Å²) < 4.78 is 0. The largest absolute Gasteiger partial charge is 0.299 e. The van der Waals surface area contributed by atoms with Crippen molar-refractivity contribution >= 4 is 17.4 Å². The highest BCUT2D eigenvalue weighted by Crippen LogP contribution is 2.41. The molecule has 3 aliphatic carbocycles. The number of fused-ring (bicyclic) bond motifs is 3. The van der Waals surface area contributed by atoms with E-state index in [0.717, 1.165) is 19.3 Å². The van der Waals surface area contributed by atoms with Gasteiger partial charge in [0.15, 0.2) is 0 Å². The van der Waals surface area contributed by atoms with Gasteiger partial charge in [-0.15, -0.1) is 11.6 Å². The molecule has 0 radical (unpaired) electrons. The molecule has 0 saturated heterocycles. The van der Waals surface area contributed by atoms with E-state index in [4.69, 9.17) is 11.6 Å². The smallest absolute Gasteiger partial charge is 0.136 e. The SMILES string of the molecule is O=C1CC2CCC1CC2Cl. The Labute approximate surface area is 65.7 Å². The quantitative estimate of drug-likeness (QED) is 0.493. The molecule has 2 heteroatoms. The first-order valence-electron chi connectivity index (χ1n) is 3.94. The molecule has 3 rings (SSSR count). The molecule has 0 aliphatic heterocycles. The second-order valence-corrected chi connectivity index (χ2v) is 4.02. The molecule has 3 aliphatic rings. The first-order valence-corrected chi connectivity index (χ1v) is 4.38. The molecule has 10 heavy (non-hydrogen) atoms. The number of ketones is 1. The Balaban J connectivity index is 2.16. The standard InChI is InChI=1S/C8H11ClO/c9-7-3-6-2-1-5(7)4-8(6)10/h5-7H,1-4H2. The molecule has 3 saturated carbocycles. The molecule has 0 heterocycles. The van der Waals surface area contributed by atoms with E-state index in [0.29, 0.717) is 23.0 Å². The fraction of sp³-hybridized carbons (Fsp3) is 0.875. The molecular formula is C8H11ClO. The maximum absolute atomic E-state index is 11.1. The number of carbonyl (C=O) groups is 1. The van der Waals surface area contributed by atoms with Crippen LogP contribution in [0.5, 0.6) is 0 Å². The van der Waals surface area contributed by atoms with Gasteiger partial charge in [-0.05, 0) is 25.2 Å². The zero-order valence-corrected chi connectivity index (χ0v) is 6.60. The second-order valence-electron chi connectivity index (χ2n) is 3.46. The summed E-state index contributed by atoms with van der Waals surface area (Å²) in [6.45, 7) is 0. The lowest BCUT2D eigenvalue weighted by molar-refractivity contribution is -0.128. The molecular weight excluding hydrogens is 148 g/mol. The first kappa shape index (κ1) is 6.66. The number of carbonyl (C=O) groups excluding carboxylic acids is 1. The van der Waals surface area contributed by atoms with Gasteiger partial charge >= 0.3 is 0 Å². The van der Waals surface area contributed by atoms with Crippen LogP contribution in [0.2, 0.25) is 0 Å². The van der Waals surface area contributed by atoms with E-state index in [1.165, 1.54) is 6.42 Å². The van der Waals surface area contributed by atoms with Gasteiger partial charge in [0.25, 0.3) is 0 Å². The summed E-state index contributed by atoms with van der Waals surface area (Å²) in [5, 5.41) is 0.302. The Morgan fingerprint density at radius 1 is 1.40 bits per heavy atom. The molecule has 0 aromatic rings. The van der Waals surface area contributed by atoms with Gasteiger partial charge in [0.2, 0.25) is 0 Å². The summed E-state index contributed by atoms with van der Waals surface area (Å²) in [6, 6.07) is 0. The molecule has 2 bridgehead atoms. The molecule has 3 fully saturated rings. The van der Waals surface area contributed by atoms with E-state index < -0.39 is 0 Å². The number of halogens is 1. The molecule has 0 spiro atoms. The van der Waals surface area contributed by atoms with Crippen molar-refractivity contribution in [2.45, 2.75) is 31.1 Å². The topological polar surface area (TPSA) is 17.1 Å². The average Bonchev–Trinajstić information content (AvgIpc) is 1.91. The normalized spacial score (nSPS) is 46.1. The van der Waals surface area contributed by atoms with Crippen molar-refractivity contribution in [1.29, 1.82) is 0 Å². The van der Waals surface area contributed by atoms with Crippen LogP contribution in [0, 0.1) is 11.8 Å². The summed E-state index contributed by atoms with van der Waals surface area (Å²) in [7, 11) is 0. The second kappa shape index (κ2) is 2.23. The highest BCUT2D eigenvalue weighted by atomic mass is 35.5. The van der Waals surface area contributed by atoms with E-state index in [1.54, 1.807) is 0 Å². The minimum absolute atomic E-state index is 0.302. The number of hydrogen-bond donors (Lipinski definition) is 0. The van der Waals surface area contributed by atoms with Crippen molar-refractivity contribution in [2.75, 3.05) is 0 Å². The summed E-state index contributed by atoms with van der Waals surface area (Å²) in [5.41, 5.74) is 0. The first-order chi connectivity index (χ1) is 4.77. The van der Waals surface area contributed by atoms with Crippen LogP contribution in [-0.2, 0) is 4.79 Å². The minimum atomic E-state index is 0.302. The zero-order valence-electron chi connectivity index (χ0n) is 5.85. The fourth-order valence-electron chi connectivity index (χ4n) is 2.13. The van der Waals surface area contributed by atoms with Gasteiger partial charge in [-0.25, -0.2) is 0 Å². The summed E-state index contributed by atoms with van der Waals surface area (Å²) in [5.74, 6) is 1.31. The van der Waals surface area contributed by atoms with Crippen LogP contribution in [0.25, 0.3) is 0 Å². The average molecular weight is 159 g/mol. The number of hydrogen-bond acceptors (Lipinski definition) is 1. The number of alkyl halides is 1. The Kier molecular flexibility index (Phi) is 1.48. The van der Waals surface area contributed by atoms with Crippen molar-refractivity contribution in [3.8, 4) is 0 Å². The Hall–Kier alpha value is -0.0400. The van der Waals surface area contributed by atoms with Crippen LogP contribution in [0.4, 0.5) is 0 Å². The van der Waals surface area contributed by atoms with Gasteiger partial charge < -0.3 is 0 Å². The number of rotatable bonds is 0. The van der Waals surface area contributed by atoms with Gasteiger partial charge in [-0.3, -0.25) is 4.79 Å². The molecule has 56 valence electrons. The van der Waals surface area contributed by atoms with Gasteiger partial charge in [-0.2, -0.15) is 0 Å². The summed E-state index contributed by atoms with van der Waals surface area (Å²) >= 11 is 6.03. The van der Waals surface area contributed by atoms with Crippen LogP contribution in [0.15, 0.2) is 0 Å². The number of Topliss-reactive ketones (excluding diaryl/α,β-unsaturated/α-hetero) is 1. The Morgan fingerprint density at radius 2 is 2.20 bits per heavy atom. The summed E-state index contributed by atoms with van der Waals surface area (Å²) in [6.07, 6.45) is 4.00. The van der Waals surface area contributed by atoms with Crippen molar-refractivity contribution < 1.29 is 4.79 Å². The lowest BCUT2D eigenvalue weighted by Crippen LogP contribution is -2.38. The van der Waals surface area contributed by atoms with Gasteiger partial charge in [0.05, 0.1) is 0 Å². The van der Waals surface area contributed by atoms with Crippen molar-refractivity contribution in [2.24, 2.45) is 11.8 Å². The highest BCUT2D eigenvalue weighted by Gasteiger charge is 2.39.